The molecule has 1 aliphatic rings. The number of fused-ring (bicyclic) bond motifs is 1. The quantitative estimate of drug-likeness (QED) is 0.139. The van der Waals surface area contributed by atoms with Crippen LogP contribution in [0.15, 0.2) is 83.5 Å². The van der Waals surface area contributed by atoms with E-state index < -0.39 is 0 Å². The minimum Gasteiger partial charge on any atom is -0.487 e. The molecular weight excluding hydrogens is 571 g/mol. The van der Waals surface area contributed by atoms with Crippen molar-refractivity contribution in [2.24, 2.45) is 5.92 Å². The first-order valence-corrected chi connectivity index (χ1v) is 15.8. The molecule has 2 N–H and O–H groups in total. The SMILES string of the molecule is CSCCC(NCC1CC1)c1ccc(-c2ccc3ncnc(Nc4ccc(OCc5cccc(F)c5)c(Cl)c4)c3c2)o1. The monoisotopic (exact) mass is 602 g/mol. The van der Waals surface area contributed by atoms with Gasteiger partial charge >= 0.3 is 0 Å². The number of ether oxygens (including phenoxy) is 1. The van der Waals surface area contributed by atoms with Gasteiger partial charge < -0.3 is 19.8 Å². The van der Waals surface area contributed by atoms with E-state index in [0.717, 1.165) is 63.9 Å². The van der Waals surface area contributed by atoms with E-state index in [9.17, 15) is 4.39 Å². The summed E-state index contributed by atoms with van der Waals surface area (Å²) in [6.45, 7) is 1.26. The molecule has 1 unspecified atom stereocenters. The van der Waals surface area contributed by atoms with Gasteiger partial charge in [0.1, 0.15) is 41.8 Å². The molecule has 0 saturated heterocycles. The van der Waals surface area contributed by atoms with Gasteiger partial charge in [0.25, 0.3) is 0 Å². The van der Waals surface area contributed by atoms with Crippen LogP contribution < -0.4 is 15.4 Å². The largest absolute Gasteiger partial charge is 0.487 e. The van der Waals surface area contributed by atoms with Gasteiger partial charge in [-0.2, -0.15) is 11.8 Å². The first-order chi connectivity index (χ1) is 20.6. The Morgan fingerprint density at radius 1 is 1.07 bits per heavy atom. The van der Waals surface area contributed by atoms with Gasteiger partial charge in [0.2, 0.25) is 0 Å². The van der Waals surface area contributed by atoms with E-state index in [1.54, 1.807) is 24.3 Å². The van der Waals surface area contributed by atoms with Gasteiger partial charge in [-0.05, 0) is 110 Å². The summed E-state index contributed by atoms with van der Waals surface area (Å²) < 4.78 is 25.7. The zero-order chi connectivity index (χ0) is 28.9. The fraction of sp³-hybridized carbons (Fsp3) is 0.273. The molecule has 0 bridgehead atoms. The number of rotatable bonds is 13. The average molecular weight is 603 g/mol. The van der Waals surface area contributed by atoms with Crippen LogP contribution >= 0.6 is 23.4 Å². The van der Waals surface area contributed by atoms with E-state index in [0.29, 0.717) is 16.6 Å². The summed E-state index contributed by atoms with van der Waals surface area (Å²) in [7, 11) is 0. The molecule has 6 rings (SSSR count). The summed E-state index contributed by atoms with van der Waals surface area (Å²) in [5.74, 6) is 4.53. The van der Waals surface area contributed by atoms with Crippen molar-refractivity contribution < 1.29 is 13.5 Å². The lowest BCUT2D eigenvalue weighted by atomic mass is 10.1. The maximum absolute atomic E-state index is 13.5. The van der Waals surface area contributed by atoms with Crippen LogP contribution in [-0.2, 0) is 6.61 Å². The highest BCUT2D eigenvalue weighted by molar-refractivity contribution is 7.98. The normalized spacial score (nSPS) is 13.8. The predicted molar refractivity (Wildman–Crippen MR) is 169 cm³/mol. The molecule has 2 aromatic heterocycles. The molecule has 0 amide bonds. The molecule has 5 aromatic rings. The second-order valence-electron chi connectivity index (χ2n) is 10.5. The Kier molecular flexibility index (Phi) is 8.93. The Labute approximate surface area is 254 Å². The van der Waals surface area contributed by atoms with Gasteiger partial charge in [-0.3, -0.25) is 0 Å². The van der Waals surface area contributed by atoms with Crippen LogP contribution in [0.4, 0.5) is 15.9 Å². The molecule has 1 saturated carbocycles. The fourth-order valence-electron chi connectivity index (χ4n) is 4.84. The van der Waals surface area contributed by atoms with Crippen molar-refractivity contribution in [1.29, 1.82) is 0 Å². The number of hydrogen-bond donors (Lipinski definition) is 2. The van der Waals surface area contributed by atoms with E-state index in [4.69, 9.17) is 20.8 Å². The van der Waals surface area contributed by atoms with Crippen molar-refractivity contribution in [3.63, 3.8) is 0 Å². The standard InChI is InChI=1S/C33H32ClFN4O2S/c1-42-14-13-29(36-18-21-5-6-21)32-12-11-30(41-32)23-7-9-28-26(16-23)33(38-20-37-28)39-25-8-10-31(27(34)17-25)40-19-22-3-2-4-24(35)15-22/h2-4,7-12,15-17,20-21,29,36H,5-6,13-14,18-19H2,1H3,(H,37,38,39). The summed E-state index contributed by atoms with van der Waals surface area (Å²) in [4.78, 5) is 8.97. The Hall–Kier alpha value is -3.59. The van der Waals surface area contributed by atoms with Gasteiger partial charge in [-0.15, -0.1) is 0 Å². The molecular formula is C33H32ClFN4O2S. The van der Waals surface area contributed by atoms with Gasteiger partial charge in [0.15, 0.2) is 0 Å². The van der Waals surface area contributed by atoms with Crippen LogP contribution in [0.5, 0.6) is 5.75 Å². The number of thioether (sulfide) groups is 1. The smallest absolute Gasteiger partial charge is 0.141 e. The second kappa shape index (κ2) is 13.2. The molecule has 0 aliphatic heterocycles. The number of aromatic nitrogens is 2. The number of furan rings is 1. The minimum absolute atomic E-state index is 0.207. The summed E-state index contributed by atoms with van der Waals surface area (Å²) >= 11 is 8.38. The minimum atomic E-state index is -0.300. The van der Waals surface area contributed by atoms with Crippen LogP contribution in [0.1, 0.15) is 36.6 Å². The maximum atomic E-state index is 13.5. The Morgan fingerprint density at radius 3 is 2.79 bits per heavy atom. The topological polar surface area (TPSA) is 72.2 Å². The van der Waals surface area contributed by atoms with Crippen molar-refractivity contribution in [1.82, 2.24) is 15.3 Å². The molecule has 1 aliphatic carbocycles. The van der Waals surface area contributed by atoms with Crippen LogP contribution in [0.25, 0.3) is 22.2 Å². The number of hydrogen-bond acceptors (Lipinski definition) is 7. The number of benzene rings is 3. The van der Waals surface area contributed by atoms with E-state index in [-0.39, 0.29) is 18.5 Å². The number of nitrogens with zero attached hydrogens (tertiary/aromatic N) is 2. The lowest BCUT2D eigenvalue weighted by Crippen LogP contribution is -2.23. The van der Waals surface area contributed by atoms with Crippen molar-refractivity contribution in [3.8, 4) is 17.1 Å². The van der Waals surface area contributed by atoms with Crippen LogP contribution in [0.2, 0.25) is 5.02 Å². The van der Waals surface area contributed by atoms with E-state index in [2.05, 4.69) is 32.9 Å². The van der Waals surface area contributed by atoms with E-state index >= 15 is 0 Å². The van der Waals surface area contributed by atoms with Gasteiger partial charge in [0, 0.05) is 16.6 Å². The fourth-order valence-corrected chi connectivity index (χ4v) is 5.54. The molecule has 9 heteroatoms. The molecule has 1 atom stereocenters. The lowest BCUT2D eigenvalue weighted by Gasteiger charge is -2.16. The molecule has 0 spiro atoms. The molecule has 2 heterocycles. The van der Waals surface area contributed by atoms with E-state index in [1.807, 2.05) is 42.1 Å². The summed E-state index contributed by atoms with van der Waals surface area (Å²) in [6.07, 6.45) is 7.34. The highest BCUT2D eigenvalue weighted by atomic mass is 35.5. The highest BCUT2D eigenvalue weighted by Gasteiger charge is 2.24. The molecule has 6 nitrogen and oxygen atoms in total. The second-order valence-corrected chi connectivity index (χ2v) is 11.9. The van der Waals surface area contributed by atoms with Crippen LogP contribution in [0, 0.1) is 11.7 Å². The molecule has 1 fully saturated rings. The third-order valence-corrected chi connectivity index (χ3v) is 8.27. The van der Waals surface area contributed by atoms with Crippen molar-refractivity contribution in [2.75, 3.05) is 23.9 Å². The first-order valence-electron chi connectivity index (χ1n) is 14.1. The molecule has 42 heavy (non-hydrogen) atoms. The van der Waals surface area contributed by atoms with Crippen LogP contribution in [-0.4, -0.2) is 28.5 Å². The Morgan fingerprint density at radius 2 is 1.98 bits per heavy atom. The van der Waals surface area contributed by atoms with Gasteiger partial charge in [-0.1, -0.05) is 23.7 Å². The van der Waals surface area contributed by atoms with Crippen molar-refractivity contribution in [2.45, 2.75) is 31.9 Å². The lowest BCUT2D eigenvalue weighted by molar-refractivity contribution is 0.306. The van der Waals surface area contributed by atoms with Crippen molar-refractivity contribution >= 4 is 45.8 Å². The zero-order valence-electron chi connectivity index (χ0n) is 23.3. The van der Waals surface area contributed by atoms with Crippen LogP contribution in [0.3, 0.4) is 0 Å². The number of anilines is 2. The zero-order valence-corrected chi connectivity index (χ0v) is 24.9. The maximum Gasteiger partial charge on any atom is 0.141 e. The average Bonchev–Trinajstić information content (AvgIpc) is 3.70. The Bertz CT molecular complexity index is 1680. The third kappa shape index (κ3) is 7.06. The third-order valence-electron chi connectivity index (χ3n) is 7.33. The van der Waals surface area contributed by atoms with Crippen molar-refractivity contribution in [3.05, 3.63) is 101 Å². The van der Waals surface area contributed by atoms with Gasteiger partial charge in [0.05, 0.1) is 16.6 Å². The summed E-state index contributed by atoms with van der Waals surface area (Å²) in [5, 5.41) is 8.39. The van der Waals surface area contributed by atoms with Gasteiger partial charge in [-0.25, -0.2) is 14.4 Å². The molecule has 0 radical (unpaired) electrons. The first kappa shape index (κ1) is 28.5. The molecule has 216 valence electrons. The highest BCUT2D eigenvalue weighted by Crippen LogP contribution is 2.34. The Balaban J connectivity index is 1.19. The number of nitrogens with one attached hydrogen (secondary N) is 2. The summed E-state index contributed by atoms with van der Waals surface area (Å²) in [6, 6.07) is 22.1. The van der Waals surface area contributed by atoms with E-state index in [1.165, 1.54) is 31.3 Å². The number of halogens is 2. The molecule has 3 aromatic carbocycles. The predicted octanol–water partition coefficient (Wildman–Crippen LogP) is 8.80. The summed E-state index contributed by atoms with van der Waals surface area (Å²) in [5.41, 5.74) is 3.25.